The van der Waals surface area contributed by atoms with Gasteiger partial charge in [-0.3, -0.25) is 9.48 Å². The lowest BCUT2D eigenvalue weighted by molar-refractivity contribution is -0.136. The van der Waals surface area contributed by atoms with E-state index in [1.165, 1.54) is 0 Å². The third-order valence-electron chi connectivity index (χ3n) is 1.87. The highest BCUT2D eigenvalue weighted by Crippen LogP contribution is 2.05. The van der Waals surface area contributed by atoms with Crippen LogP contribution in [0, 0.1) is 0 Å². The second-order valence-electron chi connectivity index (χ2n) is 3.07. The highest BCUT2D eigenvalue weighted by atomic mass is 16.4. The SMILES string of the molecule is CCCc1cc(CC(=O)O)n(C)n1. The smallest absolute Gasteiger partial charge is 0.309 e. The van der Waals surface area contributed by atoms with E-state index in [1.54, 1.807) is 11.7 Å². The summed E-state index contributed by atoms with van der Waals surface area (Å²) in [6.45, 7) is 2.07. The monoisotopic (exact) mass is 182 g/mol. The van der Waals surface area contributed by atoms with Gasteiger partial charge in [0.15, 0.2) is 0 Å². The van der Waals surface area contributed by atoms with Gasteiger partial charge in [-0.25, -0.2) is 0 Å². The number of hydrogen-bond donors (Lipinski definition) is 1. The molecule has 0 saturated heterocycles. The van der Waals surface area contributed by atoms with Crippen molar-refractivity contribution >= 4 is 5.97 Å². The second kappa shape index (κ2) is 4.07. The Bertz CT molecular complexity index is 305. The van der Waals surface area contributed by atoms with Crippen LogP contribution in [0.25, 0.3) is 0 Å². The predicted octanol–water partition coefficient (Wildman–Crippen LogP) is 1.000. The molecule has 0 unspecified atom stereocenters. The van der Waals surface area contributed by atoms with Crippen molar-refractivity contribution in [3.8, 4) is 0 Å². The molecule has 0 atom stereocenters. The Balaban J connectivity index is 2.77. The van der Waals surface area contributed by atoms with Crippen molar-refractivity contribution in [1.29, 1.82) is 0 Å². The Morgan fingerprint density at radius 3 is 2.92 bits per heavy atom. The van der Waals surface area contributed by atoms with Crippen molar-refractivity contribution in [3.05, 3.63) is 17.5 Å². The lowest BCUT2D eigenvalue weighted by Crippen LogP contribution is -2.05. The molecule has 1 aromatic heterocycles. The summed E-state index contributed by atoms with van der Waals surface area (Å²) in [7, 11) is 1.78. The summed E-state index contributed by atoms with van der Waals surface area (Å²) in [6.07, 6.45) is 1.99. The van der Waals surface area contributed by atoms with Crippen LogP contribution in [-0.4, -0.2) is 20.9 Å². The van der Waals surface area contributed by atoms with Crippen molar-refractivity contribution in [2.75, 3.05) is 0 Å². The van der Waals surface area contributed by atoms with Crippen LogP contribution >= 0.6 is 0 Å². The van der Waals surface area contributed by atoms with Gasteiger partial charge < -0.3 is 5.11 Å². The van der Waals surface area contributed by atoms with E-state index < -0.39 is 5.97 Å². The maximum atomic E-state index is 10.4. The molecule has 72 valence electrons. The number of carboxylic acids is 1. The molecule has 13 heavy (non-hydrogen) atoms. The second-order valence-corrected chi connectivity index (χ2v) is 3.07. The molecular formula is C9H14N2O2. The molecule has 4 heteroatoms. The Kier molecular flexibility index (Phi) is 3.06. The average Bonchev–Trinajstić information content (AvgIpc) is 2.31. The molecule has 0 aromatic carbocycles. The molecule has 0 spiro atoms. The molecule has 4 nitrogen and oxygen atoms in total. The number of rotatable bonds is 4. The first kappa shape index (κ1) is 9.77. The lowest BCUT2D eigenvalue weighted by atomic mass is 10.2. The molecule has 0 amide bonds. The molecule has 0 bridgehead atoms. The number of aromatic nitrogens is 2. The van der Waals surface area contributed by atoms with Gasteiger partial charge in [0.2, 0.25) is 0 Å². The van der Waals surface area contributed by atoms with E-state index in [1.807, 2.05) is 6.07 Å². The van der Waals surface area contributed by atoms with E-state index in [4.69, 9.17) is 5.11 Å². The molecule has 0 aliphatic carbocycles. The van der Waals surface area contributed by atoms with Crippen molar-refractivity contribution in [1.82, 2.24) is 9.78 Å². The zero-order valence-corrected chi connectivity index (χ0v) is 7.95. The normalized spacial score (nSPS) is 10.3. The van der Waals surface area contributed by atoms with Gasteiger partial charge in [-0.05, 0) is 12.5 Å². The Labute approximate surface area is 77.2 Å². The minimum Gasteiger partial charge on any atom is -0.481 e. The van der Waals surface area contributed by atoms with Crippen LogP contribution in [0.1, 0.15) is 24.7 Å². The largest absolute Gasteiger partial charge is 0.481 e. The van der Waals surface area contributed by atoms with Crippen LogP contribution in [0.15, 0.2) is 6.07 Å². The van der Waals surface area contributed by atoms with Gasteiger partial charge in [0.25, 0.3) is 0 Å². The Hall–Kier alpha value is -1.32. The van der Waals surface area contributed by atoms with E-state index in [2.05, 4.69) is 12.0 Å². The number of hydrogen-bond acceptors (Lipinski definition) is 2. The summed E-state index contributed by atoms with van der Waals surface area (Å²) in [5.41, 5.74) is 1.73. The molecule has 1 heterocycles. The fourth-order valence-electron chi connectivity index (χ4n) is 1.27. The first-order valence-corrected chi connectivity index (χ1v) is 4.37. The standard InChI is InChI=1S/C9H14N2O2/c1-3-4-7-5-8(6-9(12)13)11(2)10-7/h5H,3-4,6H2,1-2H3,(H,12,13). The first-order valence-electron chi connectivity index (χ1n) is 4.37. The summed E-state index contributed by atoms with van der Waals surface area (Å²) >= 11 is 0. The van der Waals surface area contributed by atoms with Gasteiger partial charge in [0, 0.05) is 12.7 Å². The quantitative estimate of drug-likeness (QED) is 0.755. The van der Waals surface area contributed by atoms with Gasteiger partial charge in [0.1, 0.15) is 0 Å². The maximum absolute atomic E-state index is 10.4. The number of carbonyl (C=O) groups is 1. The van der Waals surface area contributed by atoms with E-state index in [-0.39, 0.29) is 6.42 Å². The molecule has 1 rings (SSSR count). The van der Waals surface area contributed by atoms with Gasteiger partial charge in [0.05, 0.1) is 12.1 Å². The number of aliphatic carboxylic acids is 1. The first-order chi connectivity index (χ1) is 6.13. The van der Waals surface area contributed by atoms with Crippen LogP contribution < -0.4 is 0 Å². The van der Waals surface area contributed by atoms with Gasteiger partial charge in [-0.15, -0.1) is 0 Å². The van der Waals surface area contributed by atoms with Crippen LogP contribution in [0.5, 0.6) is 0 Å². The highest BCUT2D eigenvalue weighted by molar-refractivity contribution is 5.69. The van der Waals surface area contributed by atoms with Crippen LogP contribution in [0.4, 0.5) is 0 Å². The number of nitrogens with zero attached hydrogens (tertiary/aromatic N) is 2. The molecule has 0 saturated carbocycles. The minimum absolute atomic E-state index is 0.0488. The Morgan fingerprint density at radius 1 is 1.69 bits per heavy atom. The summed E-state index contributed by atoms with van der Waals surface area (Å²) < 4.78 is 1.64. The molecule has 0 aliphatic rings. The van der Waals surface area contributed by atoms with Gasteiger partial charge >= 0.3 is 5.97 Å². The summed E-state index contributed by atoms with van der Waals surface area (Å²) in [5, 5.41) is 12.8. The zero-order chi connectivity index (χ0) is 9.84. The fourth-order valence-corrected chi connectivity index (χ4v) is 1.27. The number of carboxylic acid groups (broad SMARTS) is 1. The minimum atomic E-state index is -0.814. The van der Waals surface area contributed by atoms with E-state index in [9.17, 15) is 4.79 Å². The van der Waals surface area contributed by atoms with E-state index in [0.717, 1.165) is 24.2 Å². The van der Waals surface area contributed by atoms with Gasteiger partial charge in [-0.1, -0.05) is 13.3 Å². The number of aryl methyl sites for hydroxylation is 2. The molecule has 1 N–H and O–H groups in total. The Morgan fingerprint density at radius 2 is 2.38 bits per heavy atom. The lowest BCUT2D eigenvalue weighted by Gasteiger charge is -1.94. The maximum Gasteiger partial charge on any atom is 0.309 e. The predicted molar refractivity (Wildman–Crippen MR) is 48.5 cm³/mol. The average molecular weight is 182 g/mol. The molecule has 0 radical (unpaired) electrons. The van der Waals surface area contributed by atoms with Crippen molar-refractivity contribution < 1.29 is 9.90 Å². The zero-order valence-electron chi connectivity index (χ0n) is 7.95. The van der Waals surface area contributed by atoms with Gasteiger partial charge in [-0.2, -0.15) is 5.10 Å². The highest BCUT2D eigenvalue weighted by Gasteiger charge is 2.07. The molecule has 1 aromatic rings. The molecule has 0 fully saturated rings. The van der Waals surface area contributed by atoms with E-state index >= 15 is 0 Å². The fraction of sp³-hybridized carbons (Fsp3) is 0.556. The van der Waals surface area contributed by atoms with Crippen LogP contribution in [0.2, 0.25) is 0 Å². The topological polar surface area (TPSA) is 55.1 Å². The van der Waals surface area contributed by atoms with E-state index in [0.29, 0.717) is 0 Å². The third kappa shape index (κ3) is 2.57. The summed E-state index contributed by atoms with van der Waals surface area (Å²) in [4.78, 5) is 10.4. The molecular weight excluding hydrogens is 168 g/mol. The summed E-state index contributed by atoms with van der Waals surface area (Å²) in [5.74, 6) is -0.814. The van der Waals surface area contributed by atoms with Crippen LogP contribution in [-0.2, 0) is 24.7 Å². The van der Waals surface area contributed by atoms with Crippen molar-refractivity contribution in [2.24, 2.45) is 7.05 Å². The molecule has 0 aliphatic heterocycles. The van der Waals surface area contributed by atoms with Crippen molar-refractivity contribution in [3.63, 3.8) is 0 Å². The van der Waals surface area contributed by atoms with Crippen molar-refractivity contribution in [2.45, 2.75) is 26.2 Å². The summed E-state index contributed by atoms with van der Waals surface area (Å²) in [6, 6.07) is 1.86. The van der Waals surface area contributed by atoms with Crippen LogP contribution in [0.3, 0.4) is 0 Å². The third-order valence-corrected chi connectivity index (χ3v) is 1.87.